The summed E-state index contributed by atoms with van der Waals surface area (Å²) < 4.78 is 0. The summed E-state index contributed by atoms with van der Waals surface area (Å²) in [6.07, 6.45) is 10.00. The van der Waals surface area contributed by atoms with Crippen LogP contribution in [0.2, 0.25) is 0 Å². The van der Waals surface area contributed by atoms with E-state index < -0.39 is 0 Å². The highest BCUT2D eigenvalue weighted by molar-refractivity contribution is 5.19. The van der Waals surface area contributed by atoms with Crippen LogP contribution in [0.15, 0.2) is 0 Å². The lowest BCUT2D eigenvalue weighted by molar-refractivity contribution is 0.333. The zero-order valence-electron chi connectivity index (χ0n) is 7.10. The molecule has 0 aromatic carbocycles. The van der Waals surface area contributed by atoms with Crippen molar-refractivity contribution in [2.45, 2.75) is 50.5 Å². The fourth-order valence-electron chi connectivity index (χ4n) is 2.60. The van der Waals surface area contributed by atoms with E-state index in [-0.39, 0.29) is 0 Å². The Kier molecular flexibility index (Phi) is 0.976. The van der Waals surface area contributed by atoms with Crippen molar-refractivity contribution in [1.82, 2.24) is 0 Å². The van der Waals surface area contributed by atoms with Crippen molar-refractivity contribution in [3.8, 4) is 0 Å². The maximum atomic E-state index is 6.26. The SMILES string of the molecule is NC1(C2(CC3CC3)CC2)CC1. The largest absolute Gasteiger partial charge is 0.325 e. The predicted octanol–water partition coefficient (Wildman–Crippen LogP) is 2.06. The number of nitrogens with two attached hydrogens (primary N) is 1. The summed E-state index contributed by atoms with van der Waals surface area (Å²) in [6.45, 7) is 0. The first-order valence-electron chi connectivity index (χ1n) is 5.03. The lowest BCUT2D eigenvalue weighted by atomic mass is 9.88. The first-order chi connectivity index (χ1) is 5.24. The minimum atomic E-state index is 0.329. The molecule has 3 saturated carbocycles. The molecular weight excluding hydrogens is 134 g/mol. The third-order valence-corrected chi connectivity index (χ3v) is 4.07. The third-order valence-electron chi connectivity index (χ3n) is 4.07. The maximum Gasteiger partial charge on any atom is 0.0212 e. The van der Waals surface area contributed by atoms with Gasteiger partial charge in [-0.05, 0) is 43.4 Å². The average molecular weight is 151 g/mol. The van der Waals surface area contributed by atoms with Crippen LogP contribution in [0.3, 0.4) is 0 Å². The zero-order valence-corrected chi connectivity index (χ0v) is 7.10. The van der Waals surface area contributed by atoms with Gasteiger partial charge in [0.15, 0.2) is 0 Å². The fourth-order valence-corrected chi connectivity index (χ4v) is 2.60. The van der Waals surface area contributed by atoms with Gasteiger partial charge in [0.25, 0.3) is 0 Å². The van der Waals surface area contributed by atoms with E-state index in [1.807, 2.05) is 0 Å². The Bertz CT molecular complexity index is 185. The van der Waals surface area contributed by atoms with Gasteiger partial charge in [0.1, 0.15) is 0 Å². The van der Waals surface area contributed by atoms with E-state index in [1.54, 1.807) is 0 Å². The standard InChI is InChI=1S/C10H17N/c11-10(5-6-10)9(3-4-9)7-8-1-2-8/h8H,1-7,11H2. The minimum absolute atomic E-state index is 0.329. The van der Waals surface area contributed by atoms with E-state index in [0.29, 0.717) is 11.0 Å². The monoisotopic (exact) mass is 151 g/mol. The molecule has 1 nitrogen and oxygen atoms in total. The number of hydrogen-bond donors (Lipinski definition) is 1. The second-order valence-electron chi connectivity index (χ2n) is 5.08. The van der Waals surface area contributed by atoms with E-state index in [0.717, 1.165) is 5.92 Å². The topological polar surface area (TPSA) is 26.0 Å². The molecule has 0 saturated heterocycles. The first kappa shape index (κ1) is 6.47. The molecule has 1 heteroatoms. The van der Waals surface area contributed by atoms with Crippen molar-refractivity contribution >= 4 is 0 Å². The molecule has 0 aromatic rings. The maximum absolute atomic E-state index is 6.26. The van der Waals surface area contributed by atoms with Crippen LogP contribution in [-0.2, 0) is 0 Å². The van der Waals surface area contributed by atoms with Gasteiger partial charge in [0.2, 0.25) is 0 Å². The van der Waals surface area contributed by atoms with Crippen LogP contribution >= 0.6 is 0 Å². The summed E-state index contributed by atoms with van der Waals surface area (Å²) in [6, 6.07) is 0. The van der Waals surface area contributed by atoms with Crippen LogP contribution < -0.4 is 5.73 Å². The van der Waals surface area contributed by atoms with E-state index in [1.165, 1.54) is 44.9 Å². The van der Waals surface area contributed by atoms with Crippen molar-refractivity contribution < 1.29 is 0 Å². The Balaban J connectivity index is 1.72. The normalized spacial score (nSPS) is 36.8. The average Bonchev–Trinajstić information content (AvgIpc) is 2.62. The highest BCUT2D eigenvalue weighted by Gasteiger charge is 2.63. The molecule has 0 heterocycles. The van der Waals surface area contributed by atoms with Gasteiger partial charge >= 0.3 is 0 Å². The molecule has 3 rings (SSSR count). The summed E-state index contributed by atoms with van der Waals surface area (Å²) in [4.78, 5) is 0. The fraction of sp³-hybridized carbons (Fsp3) is 1.00. The van der Waals surface area contributed by atoms with Gasteiger partial charge in [-0.25, -0.2) is 0 Å². The molecule has 62 valence electrons. The van der Waals surface area contributed by atoms with Gasteiger partial charge in [-0.15, -0.1) is 0 Å². The Morgan fingerprint density at radius 3 is 2.09 bits per heavy atom. The molecule has 3 aliphatic carbocycles. The molecule has 0 radical (unpaired) electrons. The van der Waals surface area contributed by atoms with Gasteiger partial charge in [-0.2, -0.15) is 0 Å². The highest BCUT2D eigenvalue weighted by atomic mass is 14.9. The van der Waals surface area contributed by atoms with Gasteiger partial charge in [0, 0.05) is 5.54 Å². The molecule has 3 fully saturated rings. The summed E-state index contributed by atoms with van der Waals surface area (Å²) in [5.41, 5.74) is 7.25. The Hall–Kier alpha value is -0.0400. The van der Waals surface area contributed by atoms with Crippen molar-refractivity contribution in [2.75, 3.05) is 0 Å². The smallest absolute Gasteiger partial charge is 0.0212 e. The summed E-state index contributed by atoms with van der Waals surface area (Å²) in [7, 11) is 0. The van der Waals surface area contributed by atoms with E-state index in [4.69, 9.17) is 5.73 Å². The second-order valence-corrected chi connectivity index (χ2v) is 5.08. The van der Waals surface area contributed by atoms with Crippen molar-refractivity contribution in [2.24, 2.45) is 17.1 Å². The number of rotatable bonds is 3. The van der Waals surface area contributed by atoms with E-state index in [9.17, 15) is 0 Å². The second kappa shape index (κ2) is 1.66. The molecule has 0 aromatic heterocycles. The molecule has 0 unspecified atom stereocenters. The summed E-state index contributed by atoms with van der Waals surface area (Å²) in [5, 5.41) is 0. The Morgan fingerprint density at radius 1 is 1.09 bits per heavy atom. The van der Waals surface area contributed by atoms with Crippen molar-refractivity contribution in [1.29, 1.82) is 0 Å². The van der Waals surface area contributed by atoms with E-state index in [2.05, 4.69) is 0 Å². The molecule has 0 bridgehead atoms. The van der Waals surface area contributed by atoms with Gasteiger partial charge in [-0.3, -0.25) is 0 Å². The van der Waals surface area contributed by atoms with E-state index >= 15 is 0 Å². The van der Waals surface area contributed by atoms with Gasteiger partial charge < -0.3 is 5.73 Å². The van der Waals surface area contributed by atoms with Crippen LogP contribution in [0.25, 0.3) is 0 Å². The van der Waals surface area contributed by atoms with Crippen LogP contribution in [0.5, 0.6) is 0 Å². The molecule has 0 spiro atoms. The predicted molar refractivity (Wildman–Crippen MR) is 45.2 cm³/mol. The summed E-state index contributed by atoms with van der Waals surface area (Å²) in [5.74, 6) is 1.08. The quantitative estimate of drug-likeness (QED) is 0.656. The van der Waals surface area contributed by atoms with Gasteiger partial charge in [-0.1, -0.05) is 12.8 Å². The molecule has 2 N–H and O–H groups in total. The molecular formula is C10H17N. The van der Waals surface area contributed by atoms with Crippen molar-refractivity contribution in [3.63, 3.8) is 0 Å². The lowest BCUT2D eigenvalue weighted by Crippen LogP contribution is -2.34. The van der Waals surface area contributed by atoms with Crippen molar-refractivity contribution in [3.05, 3.63) is 0 Å². The molecule has 0 atom stereocenters. The molecule has 0 amide bonds. The summed E-state index contributed by atoms with van der Waals surface area (Å²) >= 11 is 0. The molecule has 11 heavy (non-hydrogen) atoms. The molecule has 3 aliphatic rings. The Morgan fingerprint density at radius 2 is 1.73 bits per heavy atom. The first-order valence-corrected chi connectivity index (χ1v) is 5.03. The zero-order chi connectivity index (χ0) is 7.53. The molecule has 0 aliphatic heterocycles. The van der Waals surface area contributed by atoms with Gasteiger partial charge in [0.05, 0.1) is 0 Å². The van der Waals surface area contributed by atoms with Crippen LogP contribution in [0.1, 0.15) is 44.9 Å². The lowest BCUT2D eigenvalue weighted by Gasteiger charge is -2.22. The third kappa shape index (κ3) is 0.868. The van der Waals surface area contributed by atoms with Crippen LogP contribution in [0, 0.1) is 11.3 Å². The number of hydrogen-bond acceptors (Lipinski definition) is 1. The highest BCUT2D eigenvalue weighted by Crippen LogP contribution is 2.67. The Labute approximate surface area is 68.3 Å². The van der Waals surface area contributed by atoms with Crippen LogP contribution in [-0.4, -0.2) is 5.54 Å². The minimum Gasteiger partial charge on any atom is -0.325 e. The van der Waals surface area contributed by atoms with Crippen LogP contribution in [0.4, 0.5) is 0 Å².